The van der Waals surface area contributed by atoms with E-state index in [2.05, 4.69) is 4.90 Å². The normalized spacial score (nSPS) is 12.9. The third-order valence-electron chi connectivity index (χ3n) is 4.82. The first-order valence-electron chi connectivity index (χ1n) is 9.86. The summed E-state index contributed by atoms with van der Waals surface area (Å²) in [5.41, 5.74) is 1.37. The van der Waals surface area contributed by atoms with Gasteiger partial charge in [-0.15, -0.1) is 0 Å². The molecule has 0 radical (unpaired) electrons. The maximum absolute atomic E-state index is 13.4. The van der Waals surface area contributed by atoms with Crippen LogP contribution in [0.25, 0.3) is 10.2 Å². The Morgan fingerprint density at radius 3 is 2.63 bits per heavy atom. The van der Waals surface area contributed by atoms with E-state index in [0.717, 1.165) is 28.9 Å². The van der Waals surface area contributed by atoms with Gasteiger partial charge >= 0.3 is 0 Å². The lowest BCUT2D eigenvalue weighted by atomic mass is 10.2. The standard InChI is InChI=1S/C22H25N3O4S/c1-24(2)8-5-9-25(21(26)15-6-4-7-16(12-15)27-3)22-23-17-13-18-19(14-20(17)30-22)29-11-10-28-18/h4,6-7,12-14H,5,8-11H2,1-3H3. The predicted molar refractivity (Wildman–Crippen MR) is 118 cm³/mol. The maximum atomic E-state index is 13.4. The highest BCUT2D eigenvalue weighted by Crippen LogP contribution is 2.39. The molecule has 0 saturated heterocycles. The molecular weight excluding hydrogens is 402 g/mol. The van der Waals surface area contributed by atoms with E-state index in [9.17, 15) is 4.79 Å². The lowest BCUT2D eigenvalue weighted by molar-refractivity contribution is 0.0985. The lowest BCUT2D eigenvalue weighted by Crippen LogP contribution is -2.33. The van der Waals surface area contributed by atoms with Crippen LogP contribution in [0, 0.1) is 0 Å². The van der Waals surface area contributed by atoms with Gasteiger partial charge in [0.2, 0.25) is 0 Å². The molecule has 4 rings (SSSR count). The van der Waals surface area contributed by atoms with E-state index >= 15 is 0 Å². The van der Waals surface area contributed by atoms with E-state index in [4.69, 9.17) is 19.2 Å². The van der Waals surface area contributed by atoms with Crippen LogP contribution in [0.4, 0.5) is 5.13 Å². The number of thiazole rings is 1. The maximum Gasteiger partial charge on any atom is 0.260 e. The number of anilines is 1. The number of methoxy groups -OCH3 is 1. The molecule has 0 unspecified atom stereocenters. The first-order chi connectivity index (χ1) is 14.5. The lowest BCUT2D eigenvalue weighted by Gasteiger charge is -2.21. The number of benzene rings is 2. The van der Waals surface area contributed by atoms with Crippen molar-refractivity contribution < 1.29 is 19.0 Å². The van der Waals surface area contributed by atoms with Gasteiger partial charge in [0.15, 0.2) is 16.6 Å². The number of hydrogen-bond acceptors (Lipinski definition) is 7. The second kappa shape index (κ2) is 8.89. The van der Waals surface area contributed by atoms with Crippen molar-refractivity contribution in [2.24, 2.45) is 0 Å². The van der Waals surface area contributed by atoms with Gasteiger partial charge in [0.1, 0.15) is 19.0 Å². The number of hydrogen-bond donors (Lipinski definition) is 0. The molecule has 1 aliphatic rings. The van der Waals surface area contributed by atoms with Crippen molar-refractivity contribution in [3.8, 4) is 17.2 Å². The van der Waals surface area contributed by atoms with E-state index in [-0.39, 0.29) is 5.91 Å². The molecule has 1 aromatic heterocycles. The minimum absolute atomic E-state index is 0.0935. The summed E-state index contributed by atoms with van der Waals surface area (Å²) in [5.74, 6) is 1.98. The summed E-state index contributed by atoms with van der Waals surface area (Å²) in [4.78, 5) is 22.0. The first kappa shape index (κ1) is 20.4. The highest BCUT2D eigenvalue weighted by molar-refractivity contribution is 7.22. The molecular formula is C22H25N3O4S. The smallest absolute Gasteiger partial charge is 0.260 e. The number of nitrogens with zero attached hydrogens (tertiary/aromatic N) is 3. The third-order valence-corrected chi connectivity index (χ3v) is 5.86. The predicted octanol–water partition coefficient (Wildman–Crippen LogP) is 3.67. The Bertz CT molecular complexity index is 1010. The van der Waals surface area contributed by atoms with E-state index in [0.29, 0.717) is 42.0 Å². The first-order valence-corrected chi connectivity index (χ1v) is 10.7. The summed E-state index contributed by atoms with van der Waals surface area (Å²) in [6.45, 7) is 2.51. The molecule has 0 bridgehead atoms. The Morgan fingerprint density at radius 2 is 1.90 bits per heavy atom. The molecule has 2 aromatic carbocycles. The molecule has 1 aliphatic heterocycles. The molecule has 7 nitrogen and oxygen atoms in total. The molecule has 0 atom stereocenters. The SMILES string of the molecule is COc1cccc(C(=O)N(CCCN(C)C)c2nc3cc4c(cc3s2)OCCO4)c1. The Kier molecular flexibility index (Phi) is 6.06. The van der Waals surface area contributed by atoms with Crippen LogP contribution in [0.3, 0.4) is 0 Å². The van der Waals surface area contributed by atoms with Gasteiger partial charge in [0.25, 0.3) is 5.91 Å². The summed E-state index contributed by atoms with van der Waals surface area (Å²) in [5, 5.41) is 0.666. The van der Waals surface area contributed by atoms with Crippen LogP contribution in [0.1, 0.15) is 16.8 Å². The molecule has 158 valence electrons. The van der Waals surface area contributed by atoms with Crippen molar-refractivity contribution in [2.45, 2.75) is 6.42 Å². The van der Waals surface area contributed by atoms with E-state index in [1.807, 2.05) is 38.4 Å². The average molecular weight is 428 g/mol. The molecule has 0 fully saturated rings. The molecule has 0 saturated carbocycles. The number of rotatable bonds is 7. The summed E-state index contributed by atoms with van der Waals surface area (Å²) in [6.07, 6.45) is 0.835. The molecule has 2 heterocycles. The van der Waals surface area contributed by atoms with Gasteiger partial charge in [0, 0.05) is 24.2 Å². The number of carbonyl (C=O) groups excluding carboxylic acids is 1. The number of aromatic nitrogens is 1. The fourth-order valence-corrected chi connectivity index (χ4v) is 4.31. The molecule has 30 heavy (non-hydrogen) atoms. The summed E-state index contributed by atoms with van der Waals surface area (Å²) < 4.78 is 17.6. The van der Waals surface area contributed by atoms with Crippen LogP contribution in [0.5, 0.6) is 17.2 Å². The number of fused-ring (bicyclic) bond motifs is 2. The summed E-state index contributed by atoms with van der Waals surface area (Å²) in [7, 11) is 5.64. The minimum Gasteiger partial charge on any atom is -0.497 e. The Labute approximate surface area is 179 Å². The fraction of sp³-hybridized carbons (Fsp3) is 0.364. The quantitative estimate of drug-likeness (QED) is 0.573. The number of ether oxygens (including phenoxy) is 3. The van der Waals surface area contributed by atoms with Gasteiger partial charge in [-0.25, -0.2) is 4.98 Å². The molecule has 1 amide bonds. The summed E-state index contributed by atoms with van der Waals surface area (Å²) >= 11 is 1.48. The molecule has 0 aliphatic carbocycles. The van der Waals surface area contributed by atoms with E-state index in [1.165, 1.54) is 11.3 Å². The van der Waals surface area contributed by atoms with Crippen LogP contribution in [0.15, 0.2) is 36.4 Å². The van der Waals surface area contributed by atoms with Gasteiger partial charge < -0.3 is 19.1 Å². The molecule has 0 N–H and O–H groups in total. The van der Waals surface area contributed by atoms with E-state index in [1.54, 1.807) is 24.1 Å². The highest BCUT2D eigenvalue weighted by Gasteiger charge is 2.23. The second-order valence-electron chi connectivity index (χ2n) is 7.31. The van der Waals surface area contributed by atoms with Gasteiger partial charge in [-0.3, -0.25) is 9.69 Å². The Balaban J connectivity index is 1.68. The third kappa shape index (κ3) is 4.34. The van der Waals surface area contributed by atoms with E-state index < -0.39 is 0 Å². The van der Waals surface area contributed by atoms with Gasteiger partial charge in [-0.2, -0.15) is 0 Å². The minimum atomic E-state index is -0.0935. The van der Waals surface area contributed by atoms with Crippen LogP contribution in [0.2, 0.25) is 0 Å². The van der Waals surface area contributed by atoms with Crippen molar-refractivity contribution in [3.63, 3.8) is 0 Å². The average Bonchev–Trinajstić information content (AvgIpc) is 3.16. The fourth-order valence-electron chi connectivity index (χ4n) is 3.31. The van der Waals surface area contributed by atoms with Crippen LogP contribution in [-0.4, -0.2) is 63.3 Å². The van der Waals surface area contributed by atoms with Crippen molar-refractivity contribution in [3.05, 3.63) is 42.0 Å². The Morgan fingerprint density at radius 1 is 1.13 bits per heavy atom. The number of amides is 1. The largest absolute Gasteiger partial charge is 0.497 e. The van der Waals surface area contributed by atoms with Gasteiger partial charge in [-0.1, -0.05) is 17.4 Å². The highest BCUT2D eigenvalue weighted by atomic mass is 32.1. The van der Waals surface area contributed by atoms with Crippen molar-refractivity contribution in [1.82, 2.24) is 9.88 Å². The second-order valence-corrected chi connectivity index (χ2v) is 8.31. The van der Waals surface area contributed by atoms with Crippen LogP contribution >= 0.6 is 11.3 Å². The zero-order valence-electron chi connectivity index (χ0n) is 17.4. The molecule has 3 aromatic rings. The number of carbonyl (C=O) groups is 1. The molecule has 8 heteroatoms. The zero-order valence-corrected chi connectivity index (χ0v) is 18.2. The van der Waals surface area contributed by atoms with Crippen molar-refractivity contribution >= 4 is 32.6 Å². The molecule has 0 spiro atoms. The van der Waals surface area contributed by atoms with Gasteiger partial charge in [-0.05, 0) is 45.3 Å². The summed E-state index contributed by atoms with van der Waals surface area (Å²) in [6, 6.07) is 11.0. The van der Waals surface area contributed by atoms with Crippen LogP contribution in [-0.2, 0) is 0 Å². The Hall–Kier alpha value is -2.84. The monoisotopic (exact) mass is 427 g/mol. The van der Waals surface area contributed by atoms with Crippen molar-refractivity contribution in [1.29, 1.82) is 0 Å². The van der Waals surface area contributed by atoms with Gasteiger partial charge in [0.05, 0.1) is 17.3 Å². The van der Waals surface area contributed by atoms with Crippen LogP contribution < -0.4 is 19.1 Å². The topological polar surface area (TPSA) is 64.1 Å². The zero-order chi connectivity index (χ0) is 21.1. The van der Waals surface area contributed by atoms with Crippen molar-refractivity contribution in [2.75, 3.05) is 52.4 Å².